The van der Waals surface area contributed by atoms with E-state index < -0.39 is 40.5 Å². The summed E-state index contributed by atoms with van der Waals surface area (Å²) in [6.45, 7) is 4.00. The third-order valence-corrected chi connectivity index (χ3v) is 4.16. The smallest absolute Gasteiger partial charge is 0.361 e. The van der Waals surface area contributed by atoms with E-state index in [-0.39, 0.29) is 9.99 Å². The van der Waals surface area contributed by atoms with Crippen LogP contribution in [0.2, 0.25) is 0 Å². The molecule has 8 heteroatoms. The van der Waals surface area contributed by atoms with Crippen LogP contribution < -0.4 is 4.31 Å². The second-order valence-corrected chi connectivity index (χ2v) is 6.52. The van der Waals surface area contributed by atoms with Gasteiger partial charge in [0.2, 0.25) is 10.0 Å². The van der Waals surface area contributed by atoms with Gasteiger partial charge in [0.25, 0.3) is 0 Å². The fourth-order valence-electron chi connectivity index (χ4n) is 2.20. The summed E-state index contributed by atoms with van der Waals surface area (Å²) >= 11 is 0. The van der Waals surface area contributed by atoms with Crippen LogP contribution in [0.5, 0.6) is 0 Å². The summed E-state index contributed by atoms with van der Waals surface area (Å²) in [4.78, 5) is 10.6. The Kier molecular flexibility index (Phi) is 5.87. The first kappa shape index (κ1) is 19.1. The lowest BCUT2D eigenvalue weighted by Gasteiger charge is -2.36. The summed E-state index contributed by atoms with van der Waals surface area (Å²) in [5.41, 5.74) is -0.340. The highest BCUT2D eigenvalue weighted by Gasteiger charge is 2.49. The molecule has 1 aromatic carbocycles. The average Bonchev–Trinajstić information content (AvgIpc) is 2.44. The number of sulfonamides is 1. The second-order valence-electron chi connectivity index (χ2n) is 4.69. The molecule has 5 nitrogen and oxygen atoms in total. The van der Waals surface area contributed by atoms with E-state index in [2.05, 4.69) is 0 Å². The summed E-state index contributed by atoms with van der Waals surface area (Å²) < 4.78 is 52.4. The third kappa shape index (κ3) is 4.07. The summed E-state index contributed by atoms with van der Waals surface area (Å²) in [5, 5.41) is 8.63. The van der Waals surface area contributed by atoms with Crippen molar-refractivity contribution < 1.29 is 27.1 Å². The molecular weight excluding hydrogens is 328 g/mol. The van der Waals surface area contributed by atoms with Crippen molar-refractivity contribution in [2.24, 2.45) is 0 Å². The van der Waals surface area contributed by atoms with Crippen molar-refractivity contribution in [1.82, 2.24) is 0 Å². The topological polar surface area (TPSA) is 74.7 Å². The Morgan fingerprint density at radius 3 is 2.35 bits per heavy atom. The van der Waals surface area contributed by atoms with Crippen molar-refractivity contribution in [1.29, 1.82) is 0 Å². The van der Waals surface area contributed by atoms with Crippen molar-refractivity contribution in [3.05, 3.63) is 35.4 Å². The second kappa shape index (κ2) is 7.08. The molecule has 0 aromatic heterocycles. The molecule has 0 unspecified atom stereocenters. The van der Waals surface area contributed by atoms with E-state index in [1.807, 2.05) is 13.8 Å². The normalized spacial score (nSPS) is 15.9. The first-order chi connectivity index (χ1) is 10.6. The van der Waals surface area contributed by atoms with Crippen LogP contribution in [0.15, 0.2) is 29.8 Å². The number of carboxylic acids is 1. The van der Waals surface area contributed by atoms with E-state index in [0.29, 0.717) is 11.8 Å². The van der Waals surface area contributed by atoms with Gasteiger partial charge in [-0.25, -0.2) is 12.7 Å². The van der Waals surface area contributed by atoms with Gasteiger partial charge in [0.15, 0.2) is 0 Å². The van der Waals surface area contributed by atoms with E-state index in [1.165, 1.54) is 18.2 Å². The van der Waals surface area contributed by atoms with E-state index in [1.54, 1.807) is 6.07 Å². The molecule has 0 spiro atoms. The minimum absolute atomic E-state index is 0.0481. The van der Waals surface area contributed by atoms with Gasteiger partial charge in [-0.1, -0.05) is 32.0 Å². The summed E-state index contributed by atoms with van der Waals surface area (Å²) in [7, 11) is -4.22. The van der Waals surface area contributed by atoms with Gasteiger partial charge in [-0.3, -0.25) is 4.79 Å². The van der Waals surface area contributed by atoms with Crippen LogP contribution in [-0.2, 0) is 14.8 Å². The predicted molar refractivity (Wildman–Crippen MR) is 84.9 cm³/mol. The maximum atomic E-state index is 14.4. The molecule has 0 saturated carbocycles. The van der Waals surface area contributed by atoms with Gasteiger partial charge in [-0.15, -0.1) is 0 Å². The standard InChI is InChI=1S/C13H13F2NO4S.C2H6/c1-21(19,20)16-11-5-3-2-4-9(11)8-10(13(16,14)15)6-7-12(17)18;1-2/h2-5,8H,6-7H2,1H3,(H,17,18);1-2H3. The molecule has 23 heavy (non-hydrogen) atoms. The number of nitrogens with zero attached hydrogens (tertiary/aromatic N) is 1. The van der Waals surface area contributed by atoms with Gasteiger partial charge in [-0.2, -0.15) is 8.78 Å². The van der Waals surface area contributed by atoms with E-state index in [0.717, 1.165) is 6.08 Å². The van der Waals surface area contributed by atoms with Crippen molar-refractivity contribution in [3.63, 3.8) is 0 Å². The first-order valence-corrected chi connectivity index (χ1v) is 8.89. The fraction of sp³-hybridized carbons (Fsp3) is 0.400. The zero-order valence-electron chi connectivity index (χ0n) is 13.1. The minimum Gasteiger partial charge on any atom is -0.481 e. The number of para-hydroxylation sites is 1. The number of carboxylic acid groups (broad SMARTS) is 1. The highest BCUT2D eigenvalue weighted by Crippen LogP contribution is 2.44. The molecule has 1 aliphatic heterocycles. The number of hydrogen-bond donors (Lipinski definition) is 1. The van der Waals surface area contributed by atoms with Crippen LogP contribution in [0.4, 0.5) is 14.5 Å². The number of aliphatic carboxylic acids is 1. The molecular formula is C15H19F2NO4S. The van der Waals surface area contributed by atoms with E-state index >= 15 is 0 Å². The summed E-state index contributed by atoms with van der Waals surface area (Å²) in [6, 6.07) is 2.06. The van der Waals surface area contributed by atoms with Crippen LogP contribution in [0.25, 0.3) is 6.08 Å². The number of anilines is 1. The molecule has 128 valence electrons. The molecule has 1 N–H and O–H groups in total. The van der Waals surface area contributed by atoms with Gasteiger partial charge >= 0.3 is 12.0 Å². The van der Waals surface area contributed by atoms with Crippen LogP contribution in [0, 0.1) is 0 Å². The van der Waals surface area contributed by atoms with Crippen molar-refractivity contribution in [3.8, 4) is 0 Å². The maximum Gasteiger partial charge on any atom is 0.361 e. The van der Waals surface area contributed by atoms with Crippen LogP contribution >= 0.6 is 0 Å². The molecule has 1 heterocycles. The largest absolute Gasteiger partial charge is 0.481 e. The lowest BCUT2D eigenvalue weighted by Crippen LogP contribution is -2.48. The Labute approximate surface area is 134 Å². The molecule has 0 atom stereocenters. The highest BCUT2D eigenvalue weighted by atomic mass is 32.2. The van der Waals surface area contributed by atoms with Crippen molar-refractivity contribution in [2.75, 3.05) is 10.6 Å². The Balaban J connectivity index is 0.00000127. The first-order valence-electron chi connectivity index (χ1n) is 7.04. The Morgan fingerprint density at radius 2 is 1.83 bits per heavy atom. The zero-order valence-corrected chi connectivity index (χ0v) is 13.9. The molecule has 1 aliphatic rings. The van der Waals surface area contributed by atoms with Gasteiger partial charge in [0, 0.05) is 12.0 Å². The predicted octanol–water partition coefficient (Wildman–Crippen LogP) is 3.33. The number of alkyl halides is 2. The third-order valence-electron chi connectivity index (χ3n) is 3.07. The molecule has 0 bridgehead atoms. The molecule has 1 aromatic rings. The van der Waals surface area contributed by atoms with E-state index in [4.69, 9.17) is 5.11 Å². The van der Waals surface area contributed by atoms with Crippen LogP contribution in [0.1, 0.15) is 32.3 Å². The number of carbonyl (C=O) groups is 1. The van der Waals surface area contributed by atoms with Gasteiger partial charge < -0.3 is 5.11 Å². The Morgan fingerprint density at radius 1 is 1.26 bits per heavy atom. The molecule has 2 rings (SSSR count). The monoisotopic (exact) mass is 347 g/mol. The Hall–Kier alpha value is -1.96. The fourth-order valence-corrected chi connectivity index (χ4v) is 3.26. The van der Waals surface area contributed by atoms with Crippen molar-refractivity contribution in [2.45, 2.75) is 32.7 Å². The summed E-state index contributed by atoms with van der Waals surface area (Å²) in [5.74, 6) is -1.23. The van der Waals surface area contributed by atoms with Crippen LogP contribution in [-0.4, -0.2) is 31.8 Å². The SMILES string of the molecule is CC.CS(=O)(=O)N1c2ccccc2C=C(CCC(=O)O)C1(F)F. The number of hydrogen-bond acceptors (Lipinski definition) is 3. The molecule has 0 radical (unpaired) electrons. The average molecular weight is 347 g/mol. The molecule has 0 fully saturated rings. The highest BCUT2D eigenvalue weighted by molar-refractivity contribution is 7.92. The van der Waals surface area contributed by atoms with Crippen LogP contribution in [0.3, 0.4) is 0 Å². The van der Waals surface area contributed by atoms with E-state index in [9.17, 15) is 22.0 Å². The van der Waals surface area contributed by atoms with Gasteiger partial charge in [-0.05, 0) is 24.1 Å². The molecule has 0 amide bonds. The maximum absolute atomic E-state index is 14.4. The number of benzene rings is 1. The number of fused-ring (bicyclic) bond motifs is 1. The lowest BCUT2D eigenvalue weighted by atomic mass is 9.99. The minimum atomic E-state index is -4.22. The zero-order chi connectivity index (χ0) is 17.8. The quantitative estimate of drug-likeness (QED) is 0.848. The molecule has 0 aliphatic carbocycles. The van der Waals surface area contributed by atoms with Crippen molar-refractivity contribution >= 4 is 27.8 Å². The Bertz CT molecular complexity index is 714. The lowest BCUT2D eigenvalue weighted by molar-refractivity contribution is -0.137. The number of rotatable bonds is 4. The number of halogens is 2. The molecule has 0 saturated heterocycles. The van der Waals surface area contributed by atoms with Gasteiger partial charge in [0.05, 0.1) is 11.9 Å². The van der Waals surface area contributed by atoms with Gasteiger partial charge in [0.1, 0.15) is 0 Å². The summed E-state index contributed by atoms with van der Waals surface area (Å²) in [6.07, 6.45) is 0.918.